The van der Waals surface area contributed by atoms with Crippen molar-refractivity contribution in [1.29, 1.82) is 0 Å². The van der Waals surface area contributed by atoms with Gasteiger partial charge in [0.25, 0.3) is 5.56 Å². The second kappa shape index (κ2) is 5.65. The van der Waals surface area contributed by atoms with Gasteiger partial charge in [0.2, 0.25) is 0 Å². The molecular weight excluding hydrogens is 206 g/mol. The predicted octanol–water partition coefficient (Wildman–Crippen LogP) is -0.0649. The zero-order chi connectivity index (χ0) is 12.1. The van der Waals surface area contributed by atoms with Crippen molar-refractivity contribution in [3.63, 3.8) is 0 Å². The summed E-state index contributed by atoms with van der Waals surface area (Å²) in [6.07, 6.45) is 2.27. The van der Waals surface area contributed by atoms with Gasteiger partial charge in [-0.2, -0.15) is 0 Å². The van der Waals surface area contributed by atoms with Crippen molar-refractivity contribution < 1.29 is 0 Å². The fraction of sp³-hybridized carbons (Fsp3) is 0.636. The Morgan fingerprint density at radius 1 is 1.38 bits per heavy atom. The van der Waals surface area contributed by atoms with Gasteiger partial charge >= 0.3 is 5.69 Å². The van der Waals surface area contributed by atoms with E-state index in [0.717, 1.165) is 13.0 Å². The molecule has 1 heterocycles. The first-order valence-electron chi connectivity index (χ1n) is 5.52. The highest BCUT2D eigenvalue weighted by molar-refractivity contribution is 4.85. The summed E-state index contributed by atoms with van der Waals surface area (Å²) in [4.78, 5) is 23.1. The van der Waals surface area contributed by atoms with E-state index in [9.17, 15) is 9.59 Å². The van der Waals surface area contributed by atoms with Gasteiger partial charge in [-0.1, -0.05) is 13.8 Å². The lowest BCUT2D eigenvalue weighted by Gasteiger charge is -2.09. The molecule has 5 nitrogen and oxygen atoms in total. The normalized spacial score (nSPS) is 11.0. The molecule has 0 aliphatic rings. The number of aryl methyl sites for hydroxylation is 1. The van der Waals surface area contributed by atoms with E-state index < -0.39 is 0 Å². The van der Waals surface area contributed by atoms with Gasteiger partial charge in [-0.3, -0.25) is 9.36 Å². The monoisotopic (exact) mass is 225 g/mol. The molecule has 1 N–H and O–H groups in total. The largest absolute Gasteiger partial charge is 0.330 e. The van der Waals surface area contributed by atoms with Crippen molar-refractivity contribution in [2.45, 2.75) is 32.9 Å². The van der Waals surface area contributed by atoms with E-state index >= 15 is 0 Å². The molecule has 0 atom stereocenters. The Morgan fingerprint density at radius 3 is 2.69 bits per heavy atom. The molecule has 90 valence electrons. The minimum absolute atomic E-state index is 0.229. The number of hydrogen-bond donors (Lipinski definition) is 1. The lowest BCUT2D eigenvalue weighted by atomic mass is 10.3. The molecule has 0 saturated carbocycles. The third kappa shape index (κ3) is 3.34. The summed E-state index contributed by atoms with van der Waals surface area (Å²) in [6.45, 7) is 5.40. The smallest absolute Gasteiger partial charge is 0.314 e. The van der Waals surface area contributed by atoms with Gasteiger partial charge in [0.1, 0.15) is 0 Å². The molecule has 0 spiro atoms. The van der Waals surface area contributed by atoms with Gasteiger partial charge in [0, 0.05) is 31.9 Å². The highest BCUT2D eigenvalue weighted by Crippen LogP contribution is 1.84. The molecule has 0 amide bonds. The van der Waals surface area contributed by atoms with Crippen LogP contribution in [0.1, 0.15) is 20.3 Å². The molecule has 1 aromatic rings. The SMILES string of the molecule is CC(C)NCCCn1c(=O)ccn(C)c1=O. The topological polar surface area (TPSA) is 56.0 Å². The maximum atomic E-state index is 11.6. The lowest BCUT2D eigenvalue weighted by molar-refractivity contribution is 0.510. The Morgan fingerprint density at radius 2 is 2.06 bits per heavy atom. The average Bonchev–Trinajstić information content (AvgIpc) is 2.22. The molecule has 0 fully saturated rings. The Balaban J connectivity index is 2.64. The molecule has 0 aliphatic heterocycles. The van der Waals surface area contributed by atoms with E-state index in [-0.39, 0.29) is 11.2 Å². The fourth-order valence-electron chi connectivity index (χ4n) is 1.45. The van der Waals surface area contributed by atoms with Gasteiger partial charge < -0.3 is 9.88 Å². The Bertz CT molecular complexity index is 445. The zero-order valence-corrected chi connectivity index (χ0v) is 10.1. The summed E-state index contributed by atoms with van der Waals surface area (Å²) in [6, 6.07) is 1.84. The predicted molar refractivity (Wildman–Crippen MR) is 63.7 cm³/mol. The maximum absolute atomic E-state index is 11.6. The molecular formula is C11H19N3O2. The first-order valence-corrected chi connectivity index (χ1v) is 5.52. The third-order valence-corrected chi connectivity index (χ3v) is 2.35. The number of rotatable bonds is 5. The zero-order valence-electron chi connectivity index (χ0n) is 10.1. The van der Waals surface area contributed by atoms with Gasteiger partial charge in [0.05, 0.1) is 0 Å². The van der Waals surface area contributed by atoms with E-state index in [1.807, 2.05) is 0 Å². The van der Waals surface area contributed by atoms with Crippen molar-refractivity contribution >= 4 is 0 Å². The van der Waals surface area contributed by atoms with E-state index in [1.165, 1.54) is 21.4 Å². The summed E-state index contributed by atoms with van der Waals surface area (Å²) >= 11 is 0. The standard InChI is InChI=1S/C11H19N3O2/c1-9(2)12-6-4-7-14-10(15)5-8-13(3)11(14)16/h5,8-9,12H,4,6-7H2,1-3H3. The van der Waals surface area contributed by atoms with Gasteiger partial charge in [-0.25, -0.2) is 4.79 Å². The fourth-order valence-corrected chi connectivity index (χ4v) is 1.45. The Labute approximate surface area is 94.7 Å². The maximum Gasteiger partial charge on any atom is 0.330 e. The Hall–Kier alpha value is -1.36. The summed E-state index contributed by atoms with van der Waals surface area (Å²) in [5.41, 5.74) is -0.482. The van der Waals surface area contributed by atoms with Crippen LogP contribution in [0.4, 0.5) is 0 Å². The molecule has 0 radical (unpaired) electrons. The van der Waals surface area contributed by atoms with Crippen molar-refractivity contribution in [3.05, 3.63) is 33.1 Å². The summed E-state index contributed by atoms with van der Waals surface area (Å²) in [5.74, 6) is 0. The van der Waals surface area contributed by atoms with E-state index in [2.05, 4.69) is 19.2 Å². The third-order valence-electron chi connectivity index (χ3n) is 2.35. The summed E-state index contributed by atoms with van der Waals surface area (Å²) < 4.78 is 2.68. The molecule has 0 aliphatic carbocycles. The summed E-state index contributed by atoms with van der Waals surface area (Å²) in [7, 11) is 1.64. The Kier molecular flexibility index (Phi) is 4.49. The van der Waals surface area contributed by atoms with Crippen LogP contribution in [-0.4, -0.2) is 21.7 Å². The van der Waals surface area contributed by atoms with Crippen LogP contribution in [0.5, 0.6) is 0 Å². The van der Waals surface area contributed by atoms with E-state index in [1.54, 1.807) is 7.05 Å². The highest BCUT2D eigenvalue weighted by Gasteiger charge is 2.02. The van der Waals surface area contributed by atoms with Crippen molar-refractivity contribution in [1.82, 2.24) is 14.5 Å². The number of nitrogens with one attached hydrogen (secondary N) is 1. The second-order valence-electron chi connectivity index (χ2n) is 4.16. The molecule has 0 aromatic carbocycles. The molecule has 0 unspecified atom stereocenters. The first kappa shape index (κ1) is 12.7. The first-order chi connectivity index (χ1) is 7.52. The van der Waals surface area contributed by atoms with Crippen LogP contribution >= 0.6 is 0 Å². The van der Waals surface area contributed by atoms with Crippen LogP contribution in [0, 0.1) is 0 Å². The minimum Gasteiger partial charge on any atom is -0.314 e. The van der Waals surface area contributed by atoms with Crippen LogP contribution in [0.15, 0.2) is 21.9 Å². The molecule has 0 bridgehead atoms. The molecule has 1 rings (SSSR count). The van der Waals surface area contributed by atoms with Crippen molar-refractivity contribution in [2.24, 2.45) is 7.05 Å². The molecule has 16 heavy (non-hydrogen) atoms. The van der Waals surface area contributed by atoms with Crippen LogP contribution < -0.4 is 16.6 Å². The summed E-state index contributed by atoms with van der Waals surface area (Å²) in [5, 5.41) is 3.25. The van der Waals surface area contributed by atoms with Crippen LogP contribution in [-0.2, 0) is 13.6 Å². The number of hydrogen-bond acceptors (Lipinski definition) is 3. The lowest BCUT2D eigenvalue weighted by Crippen LogP contribution is -2.38. The second-order valence-corrected chi connectivity index (χ2v) is 4.16. The van der Waals surface area contributed by atoms with Gasteiger partial charge in [0.15, 0.2) is 0 Å². The minimum atomic E-state index is -0.253. The van der Waals surface area contributed by atoms with Crippen LogP contribution in [0.25, 0.3) is 0 Å². The van der Waals surface area contributed by atoms with Crippen molar-refractivity contribution in [2.75, 3.05) is 6.54 Å². The van der Waals surface area contributed by atoms with E-state index in [0.29, 0.717) is 12.6 Å². The number of nitrogens with zero attached hydrogens (tertiary/aromatic N) is 2. The van der Waals surface area contributed by atoms with Gasteiger partial charge in [-0.15, -0.1) is 0 Å². The molecule has 1 aromatic heterocycles. The molecule has 0 saturated heterocycles. The quantitative estimate of drug-likeness (QED) is 0.714. The van der Waals surface area contributed by atoms with E-state index in [4.69, 9.17) is 0 Å². The average molecular weight is 225 g/mol. The molecule has 5 heteroatoms. The van der Waals surface area contributed by atoms with Gasteiger partial charge in [-0.05, 0) is 13.0 Å². The van der Waals surface area contributed by atoms with Crippen LogP contribution in [0.2, 0.25) is 0 Å². The highest BCUT2D eigenvalue weighted by atomic mass is 16.2. The number of aromatic nitrogens is 2. The van der Waals surface area contributed by atoms with Crippen LogP contribution in [0.3, 0.4) is 0 Å². The van der Waals surface area contributed by atoms with Crippen molar-refractivity contribution in [3.8, 4) is 0 Å².